The molecule has 0 radical (unpaired) electrons. The van der Waals surface area contributed by atoms with Crippen LogP contribution in [0.15, 0.2) is 29.6 Å². The first-order valence-corrected chi connectivity index (χ1v) is 13.4. The Morgan fingerprint density at radius 3 is 2.67 bits per heavy atom. The van der Waals surface area contributed by atoms with Gasteiger partial charge in [0.05, 0.1) is 35.9 Å². The van der Waals surface area contributed by atoms with Gasteiger partial charge in [0, 0.05) is 31.6 Å². The van der Waals surface area contributed by atoms with Gasteiger partial charge in [0.2, 0.25) is 11.8 Å². The van der Waals surface area contributed by atoms with Crippen molar-refractivity contribution >= 4 is 45.8 Å². The van der Waals surface area contributed by atoms with Crippen molar-refractivity contribution in [1.82, 2.24) is 20.1 Å². The summed E-state index contributed by atoms with van der Waals surface area (Å²) in [6.45, 7) is 9.18. The molecule has 0 bridgehead atoms. The van der Waals surface area contributed by atoms with Crippen LogP contribution in [0.2, 0.25) is 5.02 Å². The van der Waals surface area contributed by atoms with Crippen molar-refractivity contribution < 1.29 is 19.1 Å². The molecule has 3 rings (SSSR count). The third kappa shape index (κ3) is 9.16. The molecule has 0 saturated carbocycles. The number of morpholine rings is 1. The van der Waals surface area contributed by atoms with Gasteiger partial charge in [-0.3, -0.25) is 19.3 Å². The Labute approximate surface area is 221 Å². The Balaban J connectivity index is 1.45. The molecule has 1 fully saturated rings. The van der Waals surface area contributed by atoms with Gasteiger partial charge in [0.15, 0.2) is 5.13 Å². The summed E-state index contributed by atoms with van der Waals surface area (Å²) in [5, 5.41) is 8.16. The van der Waals surface area contributed by atoms with Gasteiger partial charge >= 0.3 is 0 Å². The van der Waals surface area contributed by atoms with Crippen LogP contribution in [0.5, 0.6) is 0 Å². The number of carbonyl (C=O) groups excluding carboxylic acids is 3. The Kier molecular flexibility index (Phi) is 11.1. The minimum atomic E-state index is -0.357. The molecule has 0 aliphatic carbocycles. The third-order valence-electron chi connectivity index (χ3n) is 5.53. The van der Waals surface area contributed by atoms with Gasteiger partial charge in [-0.2, -0.15) is 0 Å². The molecular weight excluding hydrogens is 502 g/mol. The molecule has 9 nitrogen and oxygen atoms in total. The van der Waals surface area contributed by atoms with Crippen LogP contribution in [-0.4, -0.2) is 85.0 Å². The summed E-state index contributed by atoms with van der Waals surface area (Å²) in [4.78, 5) is 46.1. The number of hydrogen-bond donors (Lipinski definition) is 2. The highest BCUT2D eigenvalue weighted by molar-refractivity contribution is 7.13. The number of ether oxygens (including phenoxy) is 1. The van der Waals surface area contributed by atoms with Gasteiger partial charge in [-0.1, -0.05) is 37.6 Å². The molecule has 11 heteroatoms. The summed E-state index contributed by atoms with van der Waals surface area (Å²) in [7, 11) is 0. The molecule has 3 amide bonds. The van der Waals surface area contributed by atoms with Crippen LogP contribution in [0.1, 0.15) is 36.3 Å². The lowest BCUT2D eigenvalue weighted by molar-refractivity contribution is -0.120. The Morgan fingerprint density at radius 1 is 1.19 bits per heavy atom. The number of amides is 3. The van der Waals surface area contributed by atoms with Gasteiger partial charge in [0.25, 0.3) is 5.91 Å². The lowest BCUT2D eigenvalue weighted by atomic mass is 10.1. The normalized spacial score (nSPS) is 14.0. The molecule has 0 spiro atoms. The molecule has 1 aromatic carbocycles. The molecule has 2 heterocycles. The third-order valence-corrected chi connectivity index (χ3v) is 6.66. The van der Waals surface area contributed by atoms with Crippen LogP contribution in [0.4, 0.5) is 5.13 Å². The SMILES string of the molecule is CC(C)CN(CC(=O)Nc1nc(CC(=O)NCCCN2CCOCC2)cs1)C(=O)c1ccccc1Cl. The van der Waals surface area contributed by atoms with Crippen molar-refractivity contribution in [3.8, 4) is 0 Å². The average Bonchev–Trinajstić information content (AvgIpc) is 3.28. The van der Waals surface area contributed by atoms with E-state index in [0.29, 0.717) is 34.5 Å². The first-order chi connectivity index (χ1) is 17.3. The fourth-order valence-corrected chi connectivity index (χ4v) is 4.77. The Morgan fingerprint density at radius 2 is 1.94 bits per heavy atom. The molecule has 196 valence electrons. The van der Waals surface area contributed by atoms with Crippen molar-refractivity contribution in [3.05, 3.63) is 45.9 Å². The molecule has 0 unspecified atom stereocenters. The molecule has 36 heavy (non-hydrogen) atoms. The van der Waals surface area contributed by atoms with Crippen molar-refractivity contribution in [3.63, 3.8) is 0 Å². The highest BCUT2D eigenvalue weighted by atomic mass is 35.5. The standard InChI is InChI=1S/C25H34ClN5O4S/c1-18(2)15-31(24(34)20-6-3-4-7-21(20)26)16-23(33)29-25-28-19(17-36-25)14-22(32)27-8-5-9-30-10-12-35-13-11-30/h3-4,6-7,17-18H,5,8-16H2,1-2H3,(H,27,32)(H,28,29,33). The maximum Gasteiger partial charge on any atom is 0.255 e. The molecule has 2 N–H and O–H groups in total. The molecule has 2 aromatic rings. The van der Waals surface area contributed by atoms with E-state index in [-0.39, 0.29) is 36.6 Å². The van der Waals surface area contributed by atoms with E-state index in [9.17, 15) is 14.4 Å². The molecule has 1 aliphatic rings. The zero-order chi connectivity index (χ0) is 25.9. The van der Waals surface area contributed by atoms with E-state index in [1.165, 1.54) is 16.2 Å². The second kappa shape index (κ2) is 14.3. The summed E-state index contributed by atoms with van der Waals surface area (Å²) in [5.74, 6) is -0.587. The van der Waals surface area contributed by atoms with Crippen molar-refractivity contribution in [2.45, 2.75) is 26.7 Å². The number of benzene rings is 1. The second-order valence-corrected chi connectivity index (χ2v) is 10.4. The largest absolute Gasteiger partial charge is 0.379 e. The fourth-order valence-electron chi connectivity index (χ4n) is 3.82. The Hall–Kier alpha value is -2.53. The fraction of sp³-hybridized carbons (Fsp3) is 0.520. The zero-order valence-electron chi connectivity index (χ0n) is 20.8. The molecular formula is C25H34ClN5O4S. The molecule has 1 aliphatic heterocycles. The maximum absolute atomic E-state index is 13.0. The number of carbonyl (C=O) groups is 3. The number of rotatable bonds is 12. The number of thiazole rings is 1. The van der Waals surface area contributed by atoms with Gasteiger partial charge in [-0.05, 0) is 31.0 Å². The summed E-state index contributed by atoms with van der Waals surface area (Å²) < 4.78 is 5.34. The minimum absolute atomic E-state index is 0.103. The van der Waals surface area contributed by atoms with Gasteiger partial charge in [0.1, 0.15) is 6.54 Å². The van der Waals surface area contributed by atoms with E-state index in [1.807, 2.05) is 13.8 Å². The number of anilines is 1. The van der Waals surface area contributed by atoms with Crippen molar-refractivity contribution in [2.24, 2.45) is 5.92 Å². The quantitative estimate of drug-likeness (QED) is 0.405. The minimum Gasteiger partial charge on any atom is -0.379 e. The highest BCUT2D eigenvalue weighted by Crippen LogP contribution is 2.19. The number of aromatic nitrogens is 1. The maximum atomic E-state index is 13.0. The topological polar surface area (TPSA) is 104 Å². The van der Waals surface area contributed by atoms with Gasteiger partial charge < -0.3 is 20.3 Å². The molecule has 1 aromatic heterocycles. The number of nitrogens with one attached hydrogen (secondary N) is 2. The number of halogens is 1. The molecule has 1 saturated heterocycles. The van der Waals surface area contributed by atoms with E-state index >= 15 is 0 Å². The summed E-state index contributed by atoms with van der Waals surface area (Å²) >= 11 is 7.44. The van der Waals surface area contributed by atoms with E-state index in [1.54, 1.807) is 29.6 Å². The van der Waals surface area contributed by atoms with Crippen molar-refractivity contribution in [2.75, 3.05) is 57.8 Å². The smallest absolute Gasteiger partial charge is 0.255 e. The van der Waals surface area contributed by atoms with E-state index in [0.717, 1.165) is 39.3 Å². The van der Waals surface area contributed by atoms with E-state index in [2.05, 4.69) is 20.5 Å². The van der Waals surface area contributed by atoms with Gasteiger partial charge in [-0.15, -0.1) is 11.3 Å². The summed E-state index contributed by atoms with van der Waals surface area (Å²) in [5.41, 5.74) is 0.951. The Bertz CT molecular complexity index is 1030. The van der Waals surface area contributed by atoms with Crippen LogP contribution in [0, 0.1) is 5.92 Å². The average molecular weight is 536 g/mol. The lowest BCUT2D eigenvalue weighted by Crippen LogP contribution is -2.40. The van der Waals surface area contributed by atoms with Gasteiger partial charge in [-0.25, -0.2) is 4.98 Å². The second-order valence-electron chi connectivity index (χ2n) is 9.09. The zero-order valence-corrected chi connectivity index (χ0v) is 22.4. The molecule has 0 atom stereocenters. The summed E-state index contributed by atoms with van der Waals surface area (Å²) in [6, 6.07) is 6.80. The lowest BCUT2D eigenvalue weighted by Gasteiger charge is -2.26. The van der Waals surface area contributed by atoms with Crippen molar-refractivity contribution in [1.29, 1.82) is 0 Å². The monoisotopic (exact) mass is 535 g/mol. The van der Waals surface area contributed by atoms with E-state index < -0.39 is 0 Å². The van der Waals surface area contributed by atoms with Crippen LogP contribution in [-0.2, 0) is 20.7 Å². The predicted octanol–water partition coefficient (Wildman–Crippen LogP) is 2.91. The first kappa shape index (κ1) is 28.0. The predicted molar refractivity (Wildman–Crippen MR) is 142 cm³/mol. The van der Waals surface area contributed by atoms with Crippen LogP contribution >= 0.6 is 22.9 Å². The van der Waals surface area contributed by atoms with E-state index in [4.69, 9.17) is 16.3 Å². The number of nitrogens with zero attached hydrogens (tertiary/aromatic N) is 3. The number of hydrogen-bond acceptors (Lipinski definition) is 7. The van der Waals surface area contributed by atoms with Crippen LogP contribution < -0.4 is 10.6 Å². The first-order valence-electron chi connectivity index (χ1n) is 12.2. The highest BCUT2D eigenvalue weighted by Gasteiger charge is 2.22. The van der Waals surface area contributed by atoms with Crippen LogP contribution in [0.25, 0.3) is 0 Å². The van der Waals surface area contributed by atoms with Crippen LogP contribution in [0.3, 0.4) is 0 Å². The summed E-state index contributed by atoms with van der Waals surface area (Å²) in [6.07, 6.45) is 1.03.